The molecule has 1 aliphatic heterocycles. The molecule has 0 unspecified atom stereocenters. The van der Waals surface area contributed by atoms with Crippen molar-refractivity contribution in [1.82, 2.24) is 14.4 Å². The van der Waals surface area contributed by atoms with Crippen molar-refractivity contribution in [3.05, 3.63) is 52.5 Å². The van der Waals surface area contributed by atoms with Gasteiger partial charge in [-0.05, 0) is 48.4 Å². The number of sulfonamides is 1. The van der Waals surface area contributed by atoms with E-state index in [1.807, 2.05) is 16.8 Å². The van der Waals surface area contributed by atoms with Gasteiger partial charge in [0.1, 0.15) is 0 Å². The van der Waals surface area contributed by atoms with E-state index in [0.29, 0.717) is 30.2 Å². The third-order valence-corrected chi connectivity index (χ3v) is 7.69. The molecule has 0 bridgehead atoms. The molecule has 31 heavy (non-hydrogen) atoms. The second kappa shape index (κ2) is 9.71. The molecule has 1 aliphatic rings. The molecule has 0 aliphatic carbocycles. The zero-order valence-electron chi connectivity index (χ0n) is 16.9. The van der Waals surface area contributed by atoms with Crippen LogP contribution in [0.1, 0.15) is 37.1 Å². The van der Waals surface area contributed by atoms with Gasteiger partial charge in [0.25, 0.3) is 5.89 Å². The summed E-state index contributed by atoms with van der Waals surface area (Å²) in [6.07, 6.45) is 3.50. The van der Waals surface area contributed by atoms with E-state index >= 15 is 0 Å². The Kier molecular flexibility index (Phi) is 6.79. The number of aromatic nitrogens is 2. The van der Waals surface area contributed by atoms with Crippen molar-refractivity contribution in [2.45, 2.75) is 43.6 Å². The van der Waals surface area contributed by atoms with Gasteiger partial charge in [-0.3, -0.25) is 4.79 Å². The predicted molar refractivity (Wildman–Crippen MR) is 115 cm³/mol. The molecule has 10 heteroatoms. The molecular formula is C21H23N3O5S2. The summed E-state index contributed by atoms with van der Waals surface area (Å²) in [7, 11) is -3.44. The summed E-state index contributed by atoms with van der Waals surface area (Å²) in [6, 6.07) is 8.59. The molecular weight excluding hydrogens is 438 g/mol. The Morgan fingerprint density at radius 3 is 2.61 bits per heavy atom. The van der Waals surface area contributed by atoms with Crippen LogP contribution in [0.5, 0.6) is 0 Å². The highest BCUT2D eigenvalue weighted by Crippen LogP contribution is 2.21. The third kappa shape index (κ3) is 5.38. The Labute approximate surface area is 184 Å². The summed E-state index contributed by atoms with van der Waals surface area (Å²) in [5.74, 6) is 0.314. The fourth-order valence-electron chi connectivity index (χ4n) is 3.37. The first-order valence-corrected chi connectivity index (χ1v) is 12.5. The Bertz CT molecular complexity index is 1100. The van der Waals surface area contributed by atoms with Crippen LogP contribution in [0.4, 0.5) is 0 Å². The Morgan fingerprint density at radius 1 is 1.13 bits per heavy atom. The molecule has 1 fully saturated rings. The maximum absolute atomic E-state index is 12.7. The van der Waals surface area contributed by atoms with Gasteiger partial charge in [0.05, 0.1) is 4.90 Å². The number of piperidine rings is 1. The van der Waals surface area contributed by atoms with Crippen LogP contribution in [0.25, 0.3) is 11.4 Å². The molecule has 1 saturated heterocycles. The number of hydrogen-bond donors (Lipinski definition) is 0. The van der Waals surface area contributed by atoms with Crippen LogP contribution in [0.2, 0.25) is 0 Å². The van der Waals surface area contributed by atoms with Gasteiger partial charge in [-0.15, -0.1) is 0 Å². The van der Waals surface area contributed by atoms with Crippen LogP contribution >= 0.6 is 11.3 Å². The zero-order valence-corrected chi connectivity index (χ0v) is 18.5. The number of carbonyl (C=O) groups is 1. The second-order valence-corrected chi connectivity index (χ2v) is 10.0. The van der Waals surface area contributed by atoms with Crippen molar-refractivity contribution in [1.29, 1.82) is 0 Å². The first-order chi connectivity index (χ1) is 15.0. The highest BCUT2D eigenvalue weighted by molar-refractivity contribution is 7.89. The Morgan fingerprint density at radius 2 is 1.90 bits per heavy atom. The predicted octanol–water partition coefficient (Wildman–Crippen LogP) is 3.65. The Hall–Kier alpha value is -2.56. The number of carbonyl (C=O) groups excluding carboxylic acids is 1. The number of ether oxygens (including phenoxy) is 1. The standard InChI is InChI=1S/C21H23N3O5S2/c25-20(28-14-19-22-21(23-29-19)17-10-13-30-15-17)9-6-16-4-7-18(8-5-16)31(26,27)24-11-2-1-3-12-24/h4-5,7-8,10,13,15H,1-3,6,9,11-12,14H2. The second-order valence-electron chi connectivity index (χ2n) is 7.29. The van der Waals surface area contributed by atoms with Gasteiger partial charge in [-0.2, -0.15) is 20.6 Å². The summed E-state index contributed by atoms with van der Waals surface area (Å²) >= 11 is 1.53. The van der Waals surface area contributed by atoms with Crippen LogP contribution in [-0.2, 0) is 32.6 Å². The number of esters is 1. The van der Waals surface area contributed by atoms with Crippen LogP contribution in [0.15, 0.2) is 50.5 Å². The van der Waals surface area contributed by atoms with E-state index in [1.54, 1.807) is 28.6 Å². The lowest BCUT2D eigenvalue weighted by atomic mass is 10.1. The molecule has 1 aromatic carbocycles. The van der Waals surface area contributed by atoms with Gasteiger partial charge in [0.2, 0.25) is 15.8 Å². The minimum Gasteiger partial charge on any atom is -0.456 e. The summed E-state index contributed by atoms with van der Waals surface area (Å²) in [5.41, 5.74) is 1.73. The third-order valence-electron chi connectivity index (χ3n) is 5.10. The highest BCUT2D eigenvalue weighted by atomic mass is 32.2. The van der Waals surface area contributed by atoms with E-state index in [-0.39, 0.29) is 24.9 Å². The number of aryl methyl sites for hydroxylation is 1. The SMILES string of the molecule is O=C(CCc1ccc(S(=O)(=O)N2CCCCC2)cc1)OCc1nc(-c2ccsc2)no1. The molecule has 2 aromatic heterocycles. The van der Waals surface area contributed by atoms with Crippen molar-refractivity contribution >= 4 is 27.3 Å². The topological polar surface area (TPSA) is 103 Å². The normalized spacial score (nSPS) is 15.1. The largest absolute Gasteiger partial charge is 0.456 e. The van der Waals surface area contributed by atoms with Crippen LogP contribution in [0, 0.1) is 0 Å². The smallest absolute Gasteiger partial charge is 0.306 e. The maximum Gasteiger partial charge on any atom is 0.306 e. The summed E-state index contributed by atoms with van der Waals surface area (Å²) in [5, 5.41) is 7.69. The van der Waals surface area contributed by atoms with Gasteiger partial charge in [0.15, 0.2) is 6.61 Å². The molecule has 3 aromatic rings. The molecule has 0 amide bonds. The highest BCUT2D eigenvalue weighted by Gasteiger charge is 2.25. The molecule has 4 rings (SSSR count). The molecule has 164 valence electrons. The minimum absolute atomic E-state index is 0.0804. The summed E-state index contributed by atoms with van der Waals surface area (Å²) < 4.78 is 37.2. The molecule has 0 N–H and O–H groups in total. The first kappa shape index (κ1) is 21.7. The molecule has 8 nitrogen and oxygen atoms in total. The average molecular weight is 462 g/mol. The van der Waals surface area contributed by atoms with E-state index < -0.39 is 10.0 Å². The number of thiophene rings is 1. The lowest BCUT2D eigenvalue weighted by Gasteiger charge is -2.25. The van der Waals surface area contributed by atoms with E-state index in [9.17, 15) is 13.2 Å². The van der Waals surface area contributed by atoms with E-state index in [2.05, 4.69) is 10.1 Å². The molecule has 0 radical (unpaired) electrons. The van der Waals surface area contributed by atoms with E-state index in [1.165, 1.54) is 11.3 Å². The lowest BCUT2D eigenvalue weighted by molar-refractivity contribution is -0.145. The van der Waals surface area contributed by atoms with Crippen molar-refractivity contribution in [2.24, 2.45) is 0 Å². The van der Waals surface area contributed by atoms with Crippen LogP contribution < -0.4 is 0 Å². The van der Waals surface area contributed by atoms with Crippen LogP contribution in [0.3, 0.4) is 0 Å². The lowest BCUT2D eigenvalue weighted by Crippen LogP contribution is -2.35. The molecule has 0 spiro atoms. The first-order valence-electron chi connectivity index (χ1n) is 10.1. The van der Waals surface area contributed by atoms with Gasteiger partial charge in [-0.25, -0.2) is 8.42 Å². The fraction of sp³-hybridized carbons (Fsp3) is 0.381. The summed E-state index contributed by atoms with van der Waals surface area (Å²) in [6.45, 7) is 1.07. The fourth-order valence-corrected chi connectivity index (χ4v) is 5.52. The van der Waals surface area contributed by atoms with E-state index in [0.717, 1.165) is 30.4 Å². The van der Waals surface area contributed by atoms with Gasteiger partial charge < -0.3 is 9.26 Å². The molecule has 3 heterocycles. The van der Waals surface area contributed by atoms with Gasteiger partial charge in [-0.1, -0.05) is 23.7 Å². The summed E-state index contributed by atoms with van der Waals surface area (Å²) in [4.78, 5) is 16.5. The number of rotatable bonds is 8. The molecule has 0 saturated carbocycles. The van der Waals surface area contributed by atoms with Crippen molar-refractivity contribution < 1.29 is 22.5 Å². The molecule has 0 atom stereocenters. The van der Waals surface area contributed by atoms with Crippen molar-refractivity contribution in [2.75, 3.05) is 13.1 Å². The van der Waals surface area contributed by atoms with Gasteiger partial charge >= 0.3 is 5.97 Å². The Balaban J connectivity index is 1.26. The number of nitrogens with zero attached hydrogens (tertiary/aromatic N) is 3. The van der Waals surface area contributed by atoms with E-state index in [4.69, 9.17) is 9.26 Å². The monoisotopic (exact) mass is 461 g/mol. The average Bonchev–Trinajstić information content (AvgIpc) is 3.49. The van der Waals surface area contributed by atoms with Crippen molar-refractivity contribution in [3.63, 3.8) is 0 Å². The maximum atomic E-state index is 12.7. The minimum atomic E-state index is -3.44. The van der Waals surface area contributed by atoms with Gasteiger partial charge in [0, 0.05) is 30.5 Å². The van der Waals surface area contributed by atoms with Crippen molar-refractivity contribution in [3.8, 4) is 11.4 Å². The quantitative estimate of drug-likeness (QED) is 0.472. The number of hydrogen-bond acceptors (Lipinski definition) is 8. The number of benzene rings is 1. The zero-order chi connectivity index (χ0) is 21.7. The van der Waals surface area contributed by atoms with Crippen LogP contribution in [-0.4, -0.2) is 41.9 Å².